The number of aromatic nitrogens is 5. The summed E-state index contributed by atoms with van der Waals surface area (Å²) in [5.41, 5.74) is 1.78. The van der Waals surface area contributed by atoms with Crippen LogP contribution in [0.2, 0.25) is 0 Å². The molecular formula is C15H16IN5O2. The summed E-state index contributed by atoms with van der Waals surface area (Å²) in [4.78, 5) is 16.7. The minimum atomic E-state index is -0.587. The Labute approximate surface area is 146 Å². The van der Waals surface area contributed by atoms with Gasteiger partial charge in [-0.25, -0.2) is 9.78 Å². The molecule has 0 bridgehead atoms. The molecule has 3 heterocycles. The number of aryl methyl sites for hydroxylation is 1. The molecular weight excluding hydrogens is 409 g/mol. The zero-order chi connectivity index (χ0) is 16.8. The topological polar surface area (TPSA) is 74.8 Å². The molecule has 7 nitrogen and oxygen atoms in total. The van der Waals surface area contributed by atoms with Crippen LogP contribution in [0.1, 0.15) is 20.8 Å². The van der Waals surface area contributed by atoms with Crippen molar-refractivity contribution >= 4 is 39.7 Å². The molecule has 0 fully saturated rings. The van der Waals surface area contributed by atoms with Crippen LogP contribution in [0.3, 0.4) is 0 Å². The second-order valence-electron chi connectivity index (χ2n) is 6.18. The number of hydrogen-bond donors (Lipinski definition) is 0. The van der Waals surface area contributed by atoms with Gasteiger partial charge in [0.1, 0.15) is 9.30 Å². The van der Waals surface area contributed by atoms with Gasteiger partial charge in [0.25, 0.3) is 0 Å². The Morgan fingerprint density at radius 3 is 2.61 bits per heavy atom. The Kier molecular flexibility index (Phi) is 3.86. The first-order chi connectivity index (χ1) is 10.7. The predicted octanol–water partition coefficient (Wildman–Crippen LogP) is 3.22. The molecule has 0 aliphatic rings. The third-order valence-electron chi connectivity index (χ3n) is 3.08. The van der Waals surface area contributed by atoms with Gasteiger partial charge in [-0.05, 0) is 49.4 Å². The van der Waals surface area contributed by atoms with Crippen molar-refractivity contribution in [2.45, 2.75) is 26.4 Å². The summed E-state index contributed by atoms with van der Waals surface area (Å²) in [6.45, 7) is 5.44. The van der Waals surface area contributed by atoms with Crippen LogP contribution in [0.4, 0.5) is 4.79 Å². The Bertz CT molecular complexity index is 891. The van der Waals surface area contributed by atoms with Gasteiger partial charge in [-0.1, -0.05) is 0 Å². The van der Waals surface area contributed by atoms with E-state index in [-0.39, 0.29) is 0 Å². The third kappa shape index (κ3) is 3.21. The van der Waals surface area contributed by atoms with Crippen molar-refractivity contribution in [2.24, 2.45) is 7.05 Å². The molecule has 0 aliphatic carbocycles. The van der Waals surface area contributed by atoms with Gasteiger partial charge < -0.3 is 4.74 Å². The van der Waals surface area contributed by atoms with Gasteiger partial charge in [-0.3, -0.25) is 4.68 Å². The standard InChI is InChI=1S/C15H16IN5O2/c1-15(2,3)23-14(22)21-13-11(12(16)19-21)5-9(6-17-13)10-7-18-20(4)8-10/h5-8H,1-4H3. The van der Waals surface area contributed by atoms with Crippen LogP contribution >= 0.6 is 22.6 Å². The van der Waals surface area contributed by atoms with Crippen molar-refractivity contribution in [3.63, 3.8) is 0 Å². The normalized spacial score (nSPS) is 11.9. The van der Waals surface area contributed by atoms with Crippen molar-refractivity contribution in [3.05, 3.63) is 28.4 Å². The fourth-order valence-corrected chi connectivity index (χ4v) is 2.74. The van der Waals surface area contributed by atoms with Gasteiger partial charge >= 0.3 is 6.09 Å². The Hall–Kier alpha value is -1.97. The van der Waals surface area contributed by atoms with E-state index in [1.165, 1.54) is 4.68 Å². The van der Waals surface area contributed by atoms with Crippen LogP contribution in [-0.2, 0) is 11.8 Å². The van der Waals surface area contributed by atoms with Gasteiger partial charge in [-0.15, -0.1) is 4.68 Å². The van der Waals surface area contributed by atoms with Crippen LogP contribution in [0.5, 0.6) is 0 Å². The number of carbonyl (C=O) groups is 1. The highest BCUT2D eigenvalue weighted by Crippen LogP contribution is 2.25. The molecule has 0 N–H and O–H groups in total. The lowest BCUT2D eigenvalue weighted by Crippen LogP contribution is -2.27. The number of carbonyl (C=O) groups excluding carboxylic acids is 1. The first-order valence-corrected chi connectivity index (χ1v) is 8.09. The fourth-order valence-electron chi connectivity index (χ4n) is 2.13. The van der Waals surface area contributed by atoms with Crippen LogP contribution in [-0.4, -0.2) is 36.2 Å². The molecule has 0 aromatic carbocycles. The summed E-state index contributed by atoms with van der Waals surface area (Å²) in [6.07, 6.45) is 4.85. The Morgan fingerprint density at radius 1 is 1.26 bits per heavy atom. The van der Waals surface area contributed by atoms with Crippen LogP contribution in [0.25, 0.3) is 22.2 Å². The highest BCUT2D eigenvalue weighted by Gasteiger charge is 2.22. The van der Waals surface area contributed by atoms with Gasteiger partial charge in [0, 0.05) is 30.6 Å². The smallest absolute Gasteiger partial charge is 0.437 e. The monoisotopic (exact) mass is 425 g/mol. The number of rotatable bonds is 1. The van der Waals surface area contributed by atoms with E-state index in [0.29, 0.717) is 9.35 Å². The molecule has 0 unspecified atom stereocenters. The molecule has 0 radical (unpaired) electrons. The van der Waals surface area contributed by atoms with Crippen molar-refractivity contribution in [2.75, 3.05) is 0 Å². The minimum Gasteiger partial charge on any atom is -0.442 e. The average molecular weight is 425 g/mol. The lowest BCUT2D eigenvalue weighted by molar-refractivity contribution is 0.0521. The lowest BCUT2D eigenvalue weighted by atomic mass is 10.1. The van der Waals surface area contributed by atoms with E-state index >= 15 is 0 Å². The molecule has 0 saturated heterocycles. The average Bonchev–Trinajstić information content (AvgIpc) is 3.01. The molecule has 0 aliphatic heterocycles. The fraction of sp³-hybridized carbons (Fsp3) is 0.333. The molecule has 0 amide bonds. The molecule has 120 valence electrons. The number of fused-ring (bicyclic) bond motifs is 1. The molecule has 8 heteroatoms. The summed E-state index contributed by atoms with van der Waals surface area (Å²) in [6, 6.07) is 1.95. The number of halogens is 1. The summed E-state index contributed by atoms with van der Waals surface area (Å²) < 4.78 is 9.00. The van der Waals surface area contributed by atoms with E-state index in [4.69, 9.17) is 4.74 Å². The van der Waals surface area contributed by atoms with Gasteiger partial charge in [0.2, 0.25) is 0 Å². The highest BCUT2D eigenvalue weighted by molar-refractivity contribution is 14.1. The van der Waals surface area contributed by atoms with Crippen LogP contribution in [0.15, 0.2) is 24.7 Å². The summed E-state index contributed by atoms with van der Waals surface area (Å²) in [5.74, 6) is 0. The third-order valence-corrected chi connectivity index (χ3v) is 3.88. The zero-order valence-electron chi connectivity index (χ0n) is 13.2. The quantitative estimate of drug-likeness (QED) is 0.560. The van der Waals surface area contributed by atoms with E-state index < -0.39 is 11.7 Å². The van der Waals surface area contributed by atoms with Gasteiger partial charge in [0.15, 0.2) is 5.65 Å². The largest absolute Gasteiger partial charge is 0.442 e. The first-order valence-electron chi connectivity index (χ1n) is 7.01. The maximum absolute atomic E-state index is 12.3. The molecule has 23 heavy (non-hydrogen) atoms. The molecule has 3 aromatic rings. The summed E-state index contributed by atoms with van der Waals surface area (Å²) in [7, 11) is 1.86. The molecule has 0 saturated carbocycles. The second-order valence-corrected chi connectivity index (χ2v) is 7.20. The van der Waals surface area contributed by atoms with Gasteiger partial charge in [0.05, 0.1) is 11.6 Å². The Morgan fingerprint density at radius 2 is 2.00 bits per heavy atom. The zero-order valence-corrected chi connectivity index (χ0v) is 15.4. The minimum absolute atomic E-state index is 0.483. The molecule has 0 atom stereocenters. The molecule has 0 spiro atoms. The maximum Gasteiger partial charge on any atom is 0.437 e. The van der Waals surface area contributed by atoms with Crippen molar-refractivity contribution in [1.29, 1.82) is 0 Å². The van der Waals surface area contributed by atoms with E-state index in [9.17, 15) is 4.79 Å². The number of nitrogens with zero attached hydrogens (tertiary/aromatic N) is 5. The second kappa shape index (κ2) is 5.59. The first kappa shape index (κ1) is 15.9. The van der Waals surface area contributed by atoms with Crippen molar-refractivity contribution < 1.29 is 9.53 Å². The summed E-state index contributed by atoms with van der Waals surface area (Å²) >= 11 is 2.09. The summed E-state index contributed by atoms with van der Waals surface area (Å²) in [5, 5.41) is 9.22. The van der Waals surface area contributed by atoms with E-state index in [1.807, 2.05) is 40.1 Å². The number of pyridine rings is 1. The van der Waals surface area contributed by atoms with E-state index in [0.717, 1.165) is 16.5 Å². The predicted molar refractivity (Wildman–Crippen MR) is 94.1 cm³/mol. The van der Waals surface area contributed by atoms with Crippen LogP contribution in [0, 0.1) is 3.70 Å². The lowest BCUT2D eigenvalue weighted by Gasteiger charge is -2.18. The Balaban J connectivity index is 2.05. The SMILES string of the molecule is Cn1cc(-c2cnc3c(c2)c(I)nn3C(=O)OC(C)(C)C)cn1. The number of hydrogen-bond acceptors (Lipinski definition) is 5. The molecule has 3 rings (SSSR count). The molecule has 3 aromatic heterocycles. The highest BCUT2D eigenvalue weighted by atomic mass is 127. The van der Waals surface area contributed by atoms with Crippen LogP contribution < -0.4 is 0 Å². The maximum atomic E-state index is 12.3. The number of ether oxygens (including phenoxy) is 1. The van der Waals surface area contributed by atoms with Crippen molar-refractivity contribution in [1.82, 2.24) is 24.5 Å². The van der Waals surface area contributed by atoms with Gasteiger partial charge in [-0.2, -0.15) is 10.2 Å². The van der Waals surface area contributed by atoms with E-state index in [1.54, 1.807) is 17.1 Å². The van der Waals surface area contributed by atoms with E-state index in [2.05, 4.69) is 37.8 Å². The van der Waals surface area contributed by atoms with Crippen molar-refractivity contribution in [3.8, 4) is 11.1 Å².